The van der Waals surface area contributed by atoms with Crippen LogP contribution in [0.25, 0.3) is 11.1 Å². The van der Waals surface area contributed by atoms with E-state index in [0.717, 1.165) is 17.2 Å². The lowest BCUT2D eigenvalue weighted by molar-refractivity contribution is 0.102. The van der Waals surface area contributed by atoms with Gasteiger partial charge in [0.1, 0.15) is 0 Å². The highest BCUT2D eigenvalue weighted by atomic mass is 19.1. The molecule has 0 atom stereocenters. The van der Waals surface area contributed by atoms with Gasteiger partial charge in [0.05, 0.1) is 18.5 Å². The fourth-order valence-electron chi connectivity index (χ4n) is 2.60. The summed E-state index contributed by atoms with van der Waals surface area (Å²) in [6, 6.07) is 12.2. The second kappa shape index (κ2) is 8.17. The van der Waals surface area contributed by atoms with E-state index in [1.165, 1.54) is 25.3 Å². The molecule has 0 radical (unpaired) electrons. The van der Waals surface area contributed by atoms with Gasteiger partial charge in [0.25, 0.3) is 5.91 Å². The van der Waals surface area contributed by atoms with Crippen LogP contribution in [-0.2, 0) is 0 Å². The molecule has 0 unspecified atom stereocenters. The number of hydrogen-bond acceptors (Lipinski definition) is 4. The van der Waals surface area contributed by atoms with Gasteiger partial charge < -0.3 is 15.2 Å². The highest BCUT2D eigenvalue weighted by Gasteiger charge is 2.14. The zero-order chi connectivity index (χ0) is 20.1. The van der Waals surface area contributed by atoms with Crippen molar-refractivity contribution in [2.75, 3.05) is 17.7 Å². The Bertz CT molecular complexity index is 1030. The Morgan fingerprint density at radius 2 is 1.71 bits per heavy atom. The molecule has 3 N–H and O–H groups in total. The van der Waals surface area contributed by atoms with Crippen LogP contribution < -0.4 is 15.4 Å². The minimum atomic E-state index is -1.28. The summed E-state index contributed by atoms with van der Waals surface area (Å²) in [6.07, 6.45) is 1.97. The van der Waals surface area contributed by atoms with E-state index in [0.29, 0.717) is 0 Å². The van der Waals surface area contributed by atoms with Gasteiger partial charge in [-0.3, -0.25) is 15.1 Å². The molecule has 2 amide bonds. The van der Waals surface area contributed by atoms with Gasteiger partial charge in [0, 0.05) is 18.0 Å². The molecule has 0 aliphatic heterocycles. The Morgan fingerprint density at radius 1 is 0.964 bits per heavy atom. The van der Waals surface area contributed by atoms with Gasteiger partial charge in [-0.15, -0.1) is 0 Å². The number of nitrogens with zero attached hydrogens (tertiary/aromatic N) is 1. The van der Waals surface area contributed by atoms with Crippen LogP contribution in [0.4, 0.5) is 20.6 Å². The first-order valence-corrected chi connectivity index (χ1v) is 8.17. The van der Waals surface area contributed by atoms with Gasteiger partial charge in [-0.05, 0) is 53.6 Å². The second-order valence-corrected chi connectivity index (χ2v) is 5.73. The molecule has 0 bridgehead atoms. The Balaban J connectivity index is 1.94. The number of nitrogens with one attached hydrogen (secondary N) is 2. The topological polar surface area (TPSA) is 101 Å². The van der Waals surface area contributed by atoms with Crippen molar-refractivity contribution in [2.45, 2.75) is 0 Å². The number of aromatic nitrogens is 1. The van der Waals surface area contributed by atoms with Gasteiger partial charge in [0.15, 0.2) is 11.6 Å². The van der Waals surface area contributed by atoms with Crippen molar-refractivity contribution >= 4 is 23.4 Å². The zero-order valence-electron chi connectivity index (χ0n) is 14.8. The van der Waals surface area contributed by atoms with Crippen molar-refractivity contribution in [1.82, 2.24) is 4.98 Å². The number of anilines is 2. The van der Waals surface area contributed by atoms with Crippen molar-refractivity contribution in [3.8, 4) is 16.9 Å². The van der Waals surface area contributed by atoms with E-state index in [2.05, 4.69) is 15.6 Å². The van der Waals surface area contributed by atoms with Crippen molar-refractivity contribution in [3.63, 3.8) is 0 Å². The van der Waals surface area contributed by atoms with Crippen LogP contribution in [0.15, 0.2) is 60.9 Å². The van der Waals surface area contributed by atoms with E-state index in [-0.39, 0.29) is 22.7 Å². The zero-order valence-corrected chi connectivity index (χ0v) is 14.8. The number of hydrogen-bond donors (Lipinski definition) is 3. The third-order valence-electron chi connectivity index (χ3n) is 3.94. The minimum absolute atomic E-state index is 0.0180. The predicted molar refractivity (Wildman–Crippen MR) is 102 cm³/mol. The fraction of sp³-hybridized carbons (Fsp3) is 0.0500. The van der Waals surface area contributed by atoms with Crippen LogP contribution in [0.1, 0.15) is 10.4 Å². The number of halogens is 1. The Hall–Kier alpha value is -3.94. The Kier molecular flexibility index (Phi) is 5.50. The lowest BCUT2D eigenvalue weighted by atomic mass is 10.1. The van der Waals surface area contributed by atoms with Crippen LogP contribution in [0.2, 0.25) is 0 Å². The molecule has 142 valence electrons. The van der Waals surface area contributed by atoms with Gasteiger partial charge in [-0.2, -0.15) is 0 Å². The first kappa shape index (κ1) is 18.8. The number of ether oxygens (including phenoxy) is 1. The van der Waals surface area contributed by atoms with Crippen molar-refractivity contribution in [2.24, 2.45) is 0 Å². The number of carbonyl (C=O) groups excluding carboxylic acids is 1. The Morgan fingerprint density at radius 3 is 2.36 bits per heavy atom. The van der Waals surface area contributed by atoms with Crippen LogP contribution in [-0.4, -0.2) is 29.2 Å². The number of amides is 2. The summed E-state index contributed by atoms with van der Waals surface area (Å²) >= 11 is 0. The molecule has 3 aromatic rings. The van der Waals surface area contributed by atoms with E-state index in [4.69, 9.17) is 9.84 Å². The molecule has 1 aromatic heterocycles. The number of methoxy groups -OCH3 is 1. The summed E-state index contributed by atoms with van der Waals surface area (Å²) in [5.74, 6) is -1.25. The molecule has 0 fully saturated rings. The molecule has 7 nitrogen and oxygen atoms in total. The average molecular weight is 381 g/mol. The highest BCUT2D eigenvalue weighted by molar-refractivity contribution is 6.07. The average Bonchev–Trinajstić information content (AvgIpc) is 2.69. The van der Waals surface area contributed by atoms with Crippen LogP contribution in [0.3, 0.4) is 0 Å². The van der Waals surface area contributed by atoms with Gasteiger partial charge in [-0.1, -0.05) is 6.07 Å². The minimum Gasteiger partial charge on any atom is -0.494 e. The van der Waals surface area contributed by atoms with Gasteiger partial charge in [-0.25, -0.2) is 9.18 Å². The number of rotatable bonds is 5. The molecule has 8 heteroatoms. The second-order valence-electron chi connectivity index (χ2n) is 5.73. The number of carbonyl (C=O) groups is 2. The maximum atomic E-state index is 13.9. The largest absolute Gasteiger partial charge is 0.494 e. The predicted octanol–water partition coefficient (Wildman–Crippen LogP) is 4.24. The summed E-state index contributed by atoms with van der Waals surface area (Å²) < 4.78 is 18.7. The smallest absolute Gasteiger partial charge is 0.409 e. The van der Waals surface area contributed by atoms with Gasteiger partial charge in [0.2, 0.25) is 0 Å². The number of carboxylic acid groups (broad SMARTS) is 1. The van der Waals surface area contributed by atoms with Crippen molar-refractivity contribution in [3.05, 3.63) is 72.3 Å². The fourth-order valence-corrected chi connectivity index (χ4v) is 2.60. The highest BCUT2D eigenvalue weighted by Crippen LogP contribution is 2.29. The monoisotopic (exact) mass is 381 g/mol. The summed E-state index contributed by atoms with van der Waals surface area (Å²) in [5, 5.41) is 13.9. The van der Waals surface area contributed by atoms with E-state index in [1.807, 2.05) is 0 Å². The summed E-state index contributed by atoms with van der Waals surface area (Å²) in [7, 11) is 1.33. The number of benzene rings is 2. The summed E-state index contributed by atoms with van der Waals surface area (Å²) in [4.78, 5) is 27.6. The lowest BCUT2D eigenvalue weighted by Crippen LogP contribution is -2.16. The molecule has 0 aliphatic rings. The molecular weight excluding hydrogens is 365 g/mol. The molecule has 1 heterocycles. The Labute approximate surface area is 159 Å². The molecule has 0 saturated heterocycles. The normalized spacial score (nSPS) is 10.2. The van der Waals surface area contributed by atoms with Crippen molar-refractivity contribution < 1.29 is 23.8 Å². The van der Waals surface area contributed by atoms with E-state index < -0.39 is 17.8 Å². The third kappa shape index (κ3) is 4.24. The maximum absolute atomic E-state index is 13.9. The van der Waals surface area contributed by atoms with E-state index >= 15 is 0 Å². The summed E-state index contributed by atoms with van der Waals surface area (Å²) in [6.45, 7) is 0. The molecular formula is C20H16FN3O4. The molecule has 0 spiro atoms. The number of pyridine rings is 1. The van der Waals surface area contributed by atoms with E-state index in [9.17, 15) is 14.0 Å². The van der Waals surface area contributed by atoms with Crippen LogP contribution >= 0.6 is 0 Å². The molecule has 28 heavy (non-hydrogen) atoms. The lowest BCUT2D eigenvalue weighted by Gasteiger charge is -2.13. The van der Waals surface area contributed by atoms with Crippen LogP contribution in [0.5, 0.6) is 5.75 Å². The third-order valence-corrected chi connectivity index (χ3v) is 3.94. The first-order chi connectivity index (χ1) is 13.5. The van der Waals surface area contributed by atoms with Crippen molar-refractivity contribution in [1.29, 1.82) is 0 Å². The molecule has 0 aliphatic carbocycles. The molecule has 0 saturated carbocycles. The molecule has 3 rings (SSSR count). The van der Waals surface area contributed by atoms with Gasteiger partial charge >= 0.3 is 6.09 Å². The molecule has 2 aromatic carbocycles. The van der Waals surface area contributed by atoms with E-state index in [1.54, 1.807) is 36.7 Å². The quantitative estimate of drug-likeness (QED) is 0.614. The maximum Gasteiger partial charge on any atom is 0.409 e. The van der Waals surface area contributed by atoms with Crippen LogP contribution in [0, 0.1) is 5.82 Å². The first-order valence-electron chi connectivity index (χ1n) is 8.17. The SMILES string of the molecule is COc1ccc(C(=O)Nc2cc(-c3ccncc3)ccc2NC(=O)O)cc1F. The standard InChI is InChI=1S/C20H16FN3O4/c1-28-18-5-3-14(10-15(18)21)19(25)23-17-11-13(12-6-8-22-9-7-12)2-4-16(17)24-20(26)27/h2-11,24H,1H3,(H,23,25)(H,26,27). The summed E-state index contributed by atoms with van der Waals surface area (Å²) in [5.41, 5.74) is 2.07.